The fourth-order valence-electron chi connectivity index (χ4n) is 1.90. The second-order valence-corrected chi connectivity index (χ2v) is 4.85. The molecule has 0 aromatic heterocycles. The van der Waals surface area contributed by atoms with E-state index in [9.17, 15) is 4.39 Å². The molecule has 2 N–H and O–H groups in total. The quantitative estimate of drug-likeness (QED) is 0.812. The molecule has 0 spiro atoms. The molecule has 0 saturated heterocycles. The molecule has 18 heavy (non-hydrogen) atoms. The van der Waals surface area contributed by atoms with Crippen molar-refractivity contribution in [3.05, 3.63) is 29.6 Å². The van der Waals surface area contributed by atoms with Crippen LogP contribution in [-0.4, -0.2) is 26.8 Å². The second kappa shape index (κ2) is 7.34. The maximum atomic E-state index is 13.5. The van der Waals surface area contributed by atoms with E-state index in [1.165, 1.54) is 6.07 Å². The van der Waals surface area contributed by atoms with Crippen LogP contribution in [0.4, 0.5) is 10.1 Å². The first-order valence-electron chi connectivity index (χ1n) is 6.30. The van der Waals surface area contributed by atoms with E-state index in [1.807, 2.05) is 6.07 Å². The minimum Gasteiger partial charge on any atom is -0.383 e. The Morgan fingerprint density at radius 3 is 2.61 bits per heavy atom. The zero-order valence-corrected chi connectivity index (χ0v) is 11.4. The van der Waals surface area contributed by atoms with E-state index in [0.29, 0.717) is 19.1 Å². The molecule has 102 valence electrons. The van der Waals surface area contributed by atoms with Gasteiger partial charge in [-0.1, -0.05) is 13.8 Å². The summed E-state index contributed by atoms with van der Waals surface area (Å²) >= 11 is 0. The van der Waals surface area contributed by atoms with Gasteiger partial charge in [0.2, 0.25) is 0 Å². The largest absolute Gasteiger partial charge is 0.383 e. The number of benzene rings is 1. The molecule has 0 heterocycles. The molecule has 0 aliphatic heterocycles. The van der Waals surface area contributed by atoms with Gasteiger partial charge in [-0.15, -0.1) is 0 Å². The zero-order chi connectivity index (χ0) is 13.5. The van der Waals surface area contributed by atoms with E-state index in [2.05, 4.69) is 18.7 Å². The average Bonchev–Trinajstić information content (AvgIpc) is 2.33. The number of nitrogens with two attached hydrogens (primary N) is 1. The third-order valence-electron chi connectivity index (χ3n) is 2.69. The fraction of sp³-hybridized carbons (Fsp3) is 0.571. The number of rotatable bonds is 7. The van der Waals surface area contributed by atoms with Gasteiger partial charge >= 0.3 is 0 Å². The highest BCUT2D eigenvalue weighted by Gasteiger charge is 2.10. The van der Waals surface area contributed by atoms with Gasteiger partial charge in [0, 0.05) is 32.4 Å². The molecule has 0 aliphatic rings. The minimum absolute atomic E-state index is 0.237. The Bertz CT molecular complexity index is 369. The van der Waals surface area contributed by atoms with Crippen molar-refractivity contribution >= 4 is 5.69 Å². The van der Waals surface area contributed by atoms with Crippen molar-refractivity contribution in [2.75, 3.05) is 31.7 Å². The normalized spacial score (nSPS) is 11.0. The van der Waals surface area contributed by atoms with Crippen LogP contribution in [0.3, 0.4) is 0 Å². The predicted octanol–water partition coefficient (Wildman–Crippen LogP) is 2.39. The van der Waals surface area contributed by atoms with E-state index in [1.54, 1.807) is 13.2 Å². The van der Waals surface area contributed by atoms with Gasteiger partial charge in [0.25, 0.3) is 0 Å². The van der Waals surface area contributed by atoms with Gasteiger partial charge < -0.3 is 15.4 Å². The maximum Gasteiger partial charge on any atom is 0.125 e. The van der Waals surface area contributed by atoms with Gasteiger partial charge in [-0.2, -0.15) is 0 Å². The van der Waals surface area contributed by atoms with Crippen LogP contribution in [0, 0.1) is 11.7 Å². The first-order valence-corrected chi connectivity index (χ1v) is 6.30. The molecular formula is C14H23FN2O. The Morgan fingerprint density at radius 2 is 2.06 bits per heavy atom. The maximum absolute atomic E-state index is 13.5. The van der Waals surface area contributed by atoms with E-state index >= 15 is 0 Å². The molecule has 0 aliphatic carbocycles. The molecule has 1 rings (SSSR count). The summed E-state index contributed by atoms with van der Waals surface area (Å²) in [6.45, 7) is 6.89. The summed E-state index contributed by atoms with van der Waals surface area (Å²) in [7, 11) is 1.67. The van der Waals surface area contributed by atoms with Crippen LogP contribution in [0.25, 0.3) is 0 Å². The SMILES string of the molecule is COCCN(CC(C)C)c1cc(F)cc(CN)c1. The van der Waals surface area contributed by atoms with Crippen LogP contribution < -0.4 is 10.6 Å². The topological polar surface area (TPSA) is 38.5 Å². The number of hydrogen-bond acceptors (Lipinski definition) is 3. The third-order valence-corrected chi connectivity index (χ3v) is 2.69. The second-order valence-electron chi connectivity index (χ2n) is 4.85. The Kier molecular flexibility index (Phi) is 6.09. The summed E-state index contributed by atoms with van der Waals surface area (Å²) < 4.78 is 18.6. The fourth-order valence-corrected chi connectivity index (χ4v) is 1.90. The highest BCUT2D eigenvalue weighted by molar-refractivity contribution is 5.49. The predicted molar refractivity (Wildman–Crippen MR) is 73.2 cm³/mol. The van der Waals surface area contributed by atoms with Gasteiger partial charge in [0.1, 0.15) is 5.82 Å². The van der Waals surface area contributed by atoms with Crippen LogP contribution >= 0.6 is 0 Å². The van der Waals surface area contributed by atoms with Crippen LogP contribution in [0.5, 0.6) is 0 Å². The summed E-state index contributed by atoms with van der Waals surface area (Å²) in [6.07, 6.45) is 0. The van der Waals surface area contributed by atoms with Crippen LogP contribution in [-0.2, 0) is 11.3 Å². The van der Waals surface area contributed by atoms with E-state index in [4.69, 9.17) is 10.5 Å². The van der Waals surface area contributed by atoms with Crippen molar-refractivity contribution in [2.45, 2.75) is 20.4 Å². The highest BCUT2D eigenvalue weighted by Crippen LogP contribution is 2.19. The lowest BCUT2D eigenvalue weighted by atomic mass is 10.1. The molecule has 0 bridgehead atoms. The highest BCUT2D eigenvalue weighted by atomic mass is 19.1. The lowest BCUT2D eigenvalue weighted by Gasteiger charge is -2.27. The van der Waals surface area contributed by atoms with Crippen molar-refractivity contribution in [3.8, 4) is 0 Å². The Balaban J connectivity index is 2.91. The first kappa shape index (κ1) is 14.9. The molecule has 1 aromatic rings. The molecule has 0 saturated carbocycles. The molecule has 1 aromatic carbocycles. The van der Waals surface area contributed by atoms with E-state index < -0.39 is 0 Å². The summed E-state index contributed by atoms with van der Waals surface area (Å²) in [5.41, 5.74) is 7.27. The van der Waals surface area contributed by atoms with E-state index in [-0.39, 0.29) is 5.82 Å². The summed E-state index contributed by atoms with van der Waals surface area (Å²) in [5, 5.41) is 0. The van der Waals surface area contributed by atoms with Crippen LogP contribution in [0.15, 0.2) is 18.2 Å². The van der Waals surface area contributed by atoms with Gasteiger partial charge in [-0.25, -0.2) is 4.39 Å². The summed E-state index contributed by atoms with van der Waals surface area (Å²) in [4.78, 5) is 2.14. The number of hydrogen-bond donors (Lipinski definition) is 1. The zero-order valence-electron chi connectivity index (χ0n) is 11.4. The number of anilines is 1. The van der Waals surface area contributed by atoms with Crippen molar-refractivity contribution in [1.29, 1.82) is 0 Å². The van der Waals surface area contributed by atoms with Gasteiger partial charge in [0.15, 0.2) is 0 Å². The first-order chi connectivity index (χ1) is 8.56. The third kappa shape index (κ3) is 4.63. The minimum atomic E-state index is -0.237. The van der Waals surface area contributed by atoms with Gasteiger partial charge in [-0.05, 0) is 29.7 Å². The number of ether oxygens (including phenoxy) is 1. The smallest absolute Gasteiger partial charge is 0.125 e. The Morgan fingerprint density at radius 1 is 1.33 bits per heavy atom. The van der Waals surface area contributed by atoms with Crippen molar-refractivity contribution in [3.63, 3.8) is 0 Å². The summed E-state index contributed by atoms with van der Waals surface area (Å²) in [5.74, 6) is 0.269. The molecule has 0 amide bonds. The number of halogens is 1. The Labute approximate surface area is 109 Å². The van der Waals surface area contributed by atoms with Crippen molar-refractivity contribution in [1.82, 2.24) is 0 Å². The Hall–Kier alpha value is -1.13. The molecule has 4 heteroatoms. The lowest BCUT2D eigenvalue weighted by molar-refractivity contribution is 0.204. The van der Waals surface area contributed by atoms with Crippen molar-refractivity contribution in [2.24, 2.45) is 11.7 Å². The van der Waals surface area contributed by atoms with Gasteiger partial charge in [0.05, 0.1) is 6.61 Å². The van der Waals surface area contributed by atoms with Gasteiger partial charge in [-0.3, -0.25) is 0 Å². The summed E-state index contributed by atoms with van der Waals surface area (Å²) in [6, 6.07) is 4.98. The molecule has 0 fully saturated rings. The molecule has 3 nitrogen and oxygen atoms in total. The average molecular weight is 254 g/mol. The standard InChI is InChI=1S/C14H23FN2O/c1-11(2)10-17(4-5-18-3)14-7-12(9-16)6-13(15)8-14/h6-8,11H,4-5,9-10,16H2,1-3H3. The molecular weight excluding hydrogens is 231 g/mol. The molecule has 0 radical (unpaired) electrons. The molecule has 0 atom stereocenters. The molecule has 0 unspecified atom stereocenters. The van der Waals surface area contributed by atoms with E-state index in [0.717, 1.165) is 24.3 Å². The number of nitrogens with zero attached hydrogens (tertiary/aromatic N) is 1. The lowest BCUT2D eigenvalue weighted by Crippen LogP contribution is -2.31. The number of methoxy groups -OCH3 is 1. The monoisotopic (exact) mass is 254 g/mol. The van der Waals surface area contributed by atoms with Crippen LogP contribution in [0.2, 0.25) is 0 Å². The van der Waals surface area contributed by atoms with Crippen LogP contribution in [0.1, 0.15) is 19.4 Å². The van der Waals surface area contributed by atoms with Crippen molar-refractivity contribution < 1.29 is 9.13 Å².